The van der Waals surface area contributed by atoms with E-state index in [1.807, 2.05) is 6.92 Å². The van der Waals surface area contributed by atoms with Crippen LogP contribution in [0.3, 0.4) is 0 Å². The summed E-state index contributed by atoms with van der Waals surface area (Å²) in [5.41, 5.74) is 2.84. The highest BCUT2D eigenvalue weighted by Crippen LogP contribution is 2.29. The van der Waals surface area contributed by atoms with E-state index in [0.717, 1.165) is 24.1 Å². The molecule has 25 heavy (non-hydrogen) atoms. The van der Waals surface area contributed by atoms with Gasteiger partial charge in [-0.1, -0.05) is 0 Å². The van der Waals surface area contributed by atoms with E-state index in [9.17, 15) is 14.4 Å². The zero-order valence-corrected chi connectivity index (χ0v) is 14.6. The molecule has 1 aromatic rings. The second kappa shape index (κ2) is 5.98. The second-order valence-electron chi connectivity index (χ2n) is 7.20. The molecular formula is C18H23N3O4. The number of rotatable bonds is 1. The van der Waals surface area contributed by atoms with E-state index < -0.39 is 0 Å². The number of H-pyrrole nitrogens is 1. The smallest absolute Gasteiger partial charge is 0.270 e. The molecule has 1 aliphatic carbocycles. The zero-order valence-electron chi connectivity index (χ0n) is 14.6. The van der Waals surface area contributed by atoms with Crippen LogP contribution in [0, 0.1) is 6.92 Å². The van der Waals surface area contributed by atoms with Crippen LogP contribution in [0.1, 0.15) is 51.4 Å². The molecule has 2 atom stereocenters. The van der Waals surface area contributed by atoms with Gasteiger partial charge in [-0.05, 0) is 25.3 Å². The third-order valence-electron chi connectivity index (χ3n) is 5.71. The van der Waals surface area contributed by atoms with E-state index in [0.29, 0.717) is 43.8 Å². The van der Waals surface area contributed by atoms with Gasteiger partial charge in [-0.2, -0.15) is 0 Å². The molecule has 4 rings (SSSR count). The van der Waals surface area contributed by atoms with Crippen molar-refractivity contribution in [2.75, 3.05) is 26.7 Å². The molecule has 7 nitrogen and oxygen atoms in total. The quantitative estimate of drug-likeness (QED) is 0.820. The zero-order chi connectivity index (χ0) is 17.7. The molecule has 2 aliphatic heterocycles. The van der Waals surface area contributed by atoms with Crippen molar-refractivity contribution in [1.29, 1.82) is 0 Å². The highest BCUT2D eigenvalue weighted by Gasteiger charge is 2.42. The molecule has 1 N–H and O–H groups in total. The summed E-state index contributed by atoms with van der Waals surface area (Å²) >= 11 is 0. The predicted molar refractivity (Wildman–Crippen MR) is 89.6 cm³/mol. The number of ether oxygens (including phenoxy) is 1. The maximum Gasteiger partial charge on any atom is 0.270 e. The number of likely N-dealkylation sites (tertiary alicyclic amines) is 1. The minimum atomic E-state index is -0.146. The van der Waals surface area contributed by atoms with Gasteiger partial charge >= 0.3 is 0 Å². The van der Waals surface area contributed by atoms with Crippen molar-refractivity contribution in [3.63, 3.8) is 0 Å². The summed E-state index contributed by atoms with van der Waals surface area (Å²) in [6, 6.07) is -0.106. The number of nitrogens with zero attached hydrogens (tertiary/aromatic N) is 2. The van der Waals surface area contributed by atoms with Crippen LogP contribution >= 0.6 is 0 Å². The van der Waals surface area contributed by atoms with Crippen LogP contribution in [0.4, 0.5) is 0 Å². The van der Waals surface area contributed by atoms with Crippen molar-refractivity contribution in [1.82, 2.24) is 14.8 Å². The van der Waals surface area contributed by atoms with Gasteiger partial charge < -0.3 is 19.5 Å². The first kappa shape index (κ1) is 16.3. The Labute approximate surface area is 146 Å². The number of aromatic amines is 1. The minimum Gasteiger partial charge on any atom is -0.374 e. The molecule has 2 amide bonds. The number of aryl methyl sites for hydroxylation is 1. The number of likely N-dealkylation sites (N-methyl/N-ethyl adjacent to an activating group) is 1. The molecule has 0 bridgehead atoms. The maximum atomic E-state index is 13.0. The first-order valence-electron chi connectivity index (χ1n) is 8.88. The Morgan fingerprint density at radius 2 is 2.00 bits per heavy atom. The molecule has 0 unspecified atom stereocenters. The molecule has 2 saturated heterocycles. The monoisotopic (exact) mass is 345 g/mol. The van der Waals surface area contributed by atoms with Gasteiger partial charge in [0, 0.05) is 37.8 Å². The average molecular weight is 345 g/mol. The Balaban J connectivity index is 1.59. The van der Waals surface area contributed by atoms with E-state index in [-0.39, 0.29) is 29.7 Å². The summed E-state index contributed by atoms with van der Waals surface area (Å²) in [5.74, 6) is 0.0606. The molecule has 7 heteroatoms. The van der Waals surface area contributed by atoms with Crippen LogP contribution in [-0.4, -0.2) is 71.3 Å². The van der Waals surface area contributed by atoms with E-state index >= 15 is 0 Å². The van der Waals surface area contributed by atoms with Crippen LogP contribution in [0.15, 0.2) is 0 Å². The van der Waals surface area contributed by atoms with Crippen LogP contribution in [0.5, 0.6) is 0 Å². The summed E-state index contributed by atoms with van der Waals surface area (Å²) in [6.07, 6.45) is 2.43. The molecule has 3 heterocycles. The van der Waals surface area contributed by atoms with Gasteiger partial charge in [-0.25, -0.2) is 0 Å². The Kier molecular flexibility index (Phi) is 3.91. The SMILES string of the molecule is Cc1c(C(=O)N2C[C@@H]3OCCC(=O)N(C)[C@H]3C2)[nH]c2c1C(=O)CCC2. The number of carbonyl (C=O) groups excluding carboxylic acids is 3. The number of aromatic nitrogens is 1. The summed E-state index contributed by atoms with van der Waals surface area (Å²) in [7, 11) is 1.78. The summed E-state index contributed by atoms with van der Waals surface area (Å²) < 4.78 is 5.79. The van der Waals surface area contributed by atoms with E-state index in [1.54, 1.807) is 16.8 Å². The first-order chi connectivity index (χ1) is 12.0. The molecule has 134 valence electrons. The molecule has 0 spiro atoms. The number of fused-ring (bicyclic) bond motifs is 2. The number of nitrogens with one attached hydrogen (secondary N) is 1. The van der Waals surface area contributed by atoms with E-state index in [2.05, 4.69) is 4.98 Å². The fraction of sp³-hybridized carbons (Fsp3) is 0.611. The van der Waals surface area contributed by atoms with Gasteiger partial charge in [0.15, 0.2) is 5.78 Å². The van der Waals surface area contributed by atoms with E-state index in [1.165, 1.54) is 0 Å². The Morgan fingerprint density at radius 1 is 1.20 bits per heavy atom. The topological polar surface area (TPSA) is 82.7 Å². The highest BCUT2D eigenvalue weighted by atomic mass is 16.5. The van der Waals surface area contributed by atoms with Crippen molar-refractivity contribution in [3.8, 4) is 0 Å². The van der Waals surface area contributed by atoms with E-state index in [4.69, 9.17) is 4.74 Å². The molecule has 0 radical (unpaired) electrons. The summed E-state index contributed by atoms with van der Waals surface area (Å²) in [4.78, 5) is 43.9. The van der Waals surface area contributed by atoms with Gasteiger partial charge in [-0.3, -0.25) is 14.4 Å². The number of ketones is 1. The summed E-state index contributed by atoms with van der Waals surface area (Å²) in [5, 5.41) is 0. The molecule has 0 saturated carbocycles. The van der Waals surface area contributed by atoms with Gasteiger partial charge in [0.1, 0.15) is 5.69 Å². The van der Waals surface area contributed by atoms with Crippen LogP contribution in [0.25, 0.3) is 0 Å². The maximum absolute atomic E-state index is 13.0. The number of hydrogen-bond acceptors (Lipinski definition) is 4. The lowest BCUT2D eigenvalue weighted by molar-refractivity contribution is -0.131. The Morgan fingerprint density at radius 3 is 2.76 bits per heavy atom. The van der Waals surface area contributed by atoms with Crippen molar-refractivity contribution < 1.29 is 19.1 Å². The minimum absolute atomic E-state index is 0.0545. The van der Waals surface area contributed by atoms with Crippen molar-refractivity contribution in [3.05, 3.63) is 22.5 Å². The highest BCUT2D eigenvalue weighted by molar-refractivity contribution is 6.04. The third kappa shape index (κ3) is 2.57. The van der Waals surface area contributed by atoms with Crippen molar-refractivity contribution >= 4 is 17.6 Å². The van der Waals surface area contributed by atoms with Gasteiger partial charge in [0.2, 0.25) is 5.91 Å². The molecular weight excluding hydrogens is 322 g/mol. The number of carbonyl (C=O) groups is 3. The predicted octanol–water partition coefficient (Wildman–Crippen LogP) is 0.914. The lowest BCUT2D eigenvalue weighted by Crippen LogP contribution is -2.43. The molecule has 1 aromatic heterocycles. The molecule has 0 aromatic carbocycles. The fourth-order valence-corrected chi connectivity index (χ4v) is 4.26. The second-order valence-corrected chi connectivity index (χ2v) is 7.20. The van der Waals surface area contributed by atoms with Gasteiger partial charge in [0.25, 0.3) is 5.91 Å². The number of amides is 2. The lowest BCUT2D eigenvalue weighted by Gasteiger charge is -2.25. The van der Waals surface area contributed by atoms with Gasteiger partial charge in [0.05, 0.1) is 25.2 Å². The summed E-state index contributed by atoms with van der Waals surface area (Å²) in [6.45, 7) is 3.17. The van der Waals surface area contributed by atoms with Crippen LogP contribution in [0.2, 0.25) is 0 Å². The van der Waals surface area contributed by atoms with Crippen molar-refractivity contribution in [2.24, 2.45) is 0 Å². The molecule has 3 aliphatic rings. The average Bonchev–Trinajstić information content (AvgIpc) is 3.12. The van der Waals surface area contributed by atoms with Crippen LogP contribution < -0.4 is 0 Å². The normalized spacial score (nSPS) is 26.5. The van der Waals surface area contributed by atoms with Gasteiger partial charge in [-0.15, -0.1) is 0 Å². The van der Waals surface area contributed by atoms with Crippen molar-refractivity contribution in [2.45, 2.75) is 44.8 Å². The Bertz CT molecular complexity index is 754. The third-order valence-corrected chi connectivity index (χ3v) is 5.71. The largest absolute Gasteiger partial charge is 0.374 e. The number of Topliss-reactive ketones (excluding diaryl/α,β-unsaturated/α-hetero) is 1. The first-order valence-corrected chi connectivity index (χ1v) is 8.88. The number of hydrogen-bond donors (Lipinski definition) is 1. The fourth-order valence-electron chi connectivity index (χ4n) is 4.26. The Hall–Kier alpha value is -2.15. The standard InChI is InChI=1S/C18H23N3O4/c1-10-16-11(4-3-5-13(16)22)19-17(10)18(24)21-8-12-14(9-21)25-7-6-15(23)20(12)2/h12,14,19H,3-9H2,1-2H3/t12-,14-/m0/s1. The van der Waals surface area contributed by atoms with Crippen LogP contribution in [-0.2, 0) is 16.0 Å². The lowest BCUT2D eigenvalue weighted by atomic mass is 9.94. The molecule has 2 fully saturated rings.